The van der Waals surface area contributed by atoms with Gasteiger partial charge in [-0.25, -0.2) is 14.9 Å². The largest absolute Gasteiger partial charge is 0.449 e. The number of aryl methyl sites for hydroxylation is 3. The normalized spacial score (nSPS) is 11.3. The van der Waals surface area contributed by atoms with Crippen molar-refractivity contribution in [2.24, 2.45) is 0 Å². The molecule has 0 radical (unpaired) electrons. The number of nitrogen functional groups attached to an aromatic ring is 1. The molecule has 160 valence electrons. The highest BCUT2D eigenvalue weighted by Gasteiger charge is 2.26. The molecule has 1 aromatic carbocycles. The number of nitrogens with zero attached hydrogens (tertiary/aromatic N) is 5. The third-order valence-electron chi connectivity index (χ3n) is 5.22. The highest BCUT2D eigenvalue weighted by atomic mass is 16.3. The number of aromatic nitrogens is 6. The molecule has 0 saturated heterocycles. The second-order valence-electron chi connectivity index (χ2n) is 7.72. The van der Waals surface area contributed by atoms with Crippen LogP contribution in [0.15, 0.2) is 57.9 Å². The van der Waals surface area contributed by atoms with Gasteiger partial charge in [0.2, 0.25) is 5.65 Å². The van der Waals surface area contributed by atoms with Crippen molar-refractivity contribution in [1.29, 1.82) is 0 Å². The first-order valence-corrected chi connectivity index (χ1v) is 10.2. The molecule has 4 aromatic heterocycles. The van der Waals surface area contributed by atoms with Crippen molar-refractivity contribution >= 4 is 11.6 Å². The molecule has 0 aliphatic carbocycles. The van der Waals surface area contributed by atoms with Crippen molar-refractivity contribution in [3.63, 3.8) is 0 Å². The molecular weight excluding hydrogens is 406 g/mol. The summed E-state index contributed by atoms with van der Waals surface area (Å²) in [6, 6.07) is 13.7. The zero-order valence-corrected chi connectivity index (χ0v) is 18.0. The van der Waals surface area contributed by atoms with Crippen molar-refractivity contribution in [2.45, 2.75) is 27.3 Å². The molecule has 9 heteroatoms. The number of hydrogen-bond acceptors (Lipinski definition) is 6. The van der Waals surface area contributed by atoms with Gasteiger partial charge >= 0.3 is 11.6 Å². The minimum Gasteiger partial charge on any atom is -0.449 e. The zero-order chi connectivity index (χ0) is 22.4. The maximum atomic E-state index is 13.2. The smallest absolute Gasteiger partial charge is 0.428 e. The molecule has 9 nitrogen and oxygen atoms in total. The Hall–Kier alpha value is -4.27. The van der Waals surface area contributed by atoms with Crippen LogP contribution in [0.4, 0.5) is 5.95 Å². The van der Waals surface area contributed by atoms with Crippen molar-refractivity contribution in [2.75, 3.05) is 5.73 Å². The van der Waals surface area contributed by atoms with E-state index in [4.69, 9.17) is 10.2 Å². The number of rotatable bonds is 4. The Bertz CT molecular complexity index is 1490. The van der Waals surface area contributed by atoms with Gasteiger partial charge < -0.3 is 10.2 Å². The van der Waals surface area contributed by atoms with Crippen LogP contribution in [0.25, 0.3) is 28.0 Å². The predicted molar refractivity (Wildman–Crippen MR) is 119 cm³/mol. The second kappa shape index (κ2) is 7.45. The van der Waals surface area contributed by atoms with Gasteiger partial charge in [-0.3, -0.25) is 4.98 Å². The monoisotopic (exact) mass is 428 g/mol. The van der Waals surface area contributed by atoms with E-state index in [-0.39, 0.29) is 18.2 Å². The molecule has 0 saturated carbocycles. The summed E-state index contributed by atoms with van der Waals surface area (Å²) < 4.78 is 8.12. The van der Waals surface area contributed by atoms with Crippen LogP contribution in [0.5, 0.6) is 0 Å². The summed E-state index contributed by atoms with van der Waals surface area (Å²) >= 11 is 0. The maximum Gasteiger partial charge on any atom is 0.428 e. The molecule has 0 bridgehead atoms. The number of H-pyrrole nitrogens is 1. The first kappa shape index (κ1) is 19.7. The molecule has 0 unspecified atom stereocenters. The summed E-state index contributed by atoms with van der Waals surface area (Å²) in [5.41, 5.74) is 12.1. The lowest BCUT2D eigenvalue weighted by Crippen LogP contribution is -2.44. The van der Waals surface area contributed by atoms with Gasteiger partial charge in [-0.15, -0.1) is 9.38 Å². The van der Waals surface area contributed by atoms with Crippen molar-refractivity contribution < 1.29 is 8.82 Å². The Morgan fingerprint density at radius 2 is 1.75 bits per heavy atom. The molecule has 0 atom stereocenters. The topological polar surface area (TPSA) is 120 Å². The maximum absolute atomic E-state index is 13.2. The van der Waals surface area contributed by atoms with Gasteiger partial charge in [0.15, 0.2) is 5.89 Å². The summed E-state index contributed by atoms with van der Waals surface area (Å²) in [6.45, 7) is 5.85. The van der Waals surface area contributed by atoms with Gasteiger partial charge in [-0.1, -0.05) is 30.3 Å². The van der Waals surface area contributed by atoms with Crippen molar-refractivity contribution in [3.8, 4) is 22.4 Å². The Kier molecular flexibility index (Phi) is 4.58. The van der Waals surface area contributed by atoms with Crippen molar-refractivity contribution in [1.82, 2.24) is 24.7 Å². The Balaban J connectivity index is 1.83. The Morgan fingerprint density at radius 1 is 1.03 bits per heavy atom. The summed E-state index contributed by atoms with van der Waals surface area (Å²) in [5.74, 6) is 0.634. The fourth-order valence-electron chi connectivity index (χ4n) is 3.96. The minimum absolute atomic E-state index is 0.0986. The Morgan fingerprint density at radius 3 is 2.41 bits per heavy atom. The van der Waals surface area contributed by atoms with Crippen LogP contribution in [0.2, 0.25) is 0 Å². The van der Waals surface area contributed by atoms with Crippen LogP contribution in [-0.4, -0.2) is 24.7 Å². The minimum atomic E-state index is -0.339. The molecular formula is C23H22N7O2+. The number of fused-ring (bicyclic) bond motifs is 1. The SMILES string of the molecule is Cc1cc(-c2c(-c3ccccc3)nc(N)[n+]3c(=O)n(Cc4coc(C)n4)[nH]c23)cc(C)n1. The highest BCUT2D eigenvalue weighted by molar-refractivity contribution is 5.88. The lowest BCUT2D eigenvalue weighted by atomic mass is 9.99. The van der Waals surface area contributed by atoms with Crippen LogP contribution in [0.3, 0.4) is 0 Å². The van der Waals surface area contributed by atoms with Crippen molar-refractivity contribution in [3.05, 3.63) is 82.2 Å². The number of anilines is 1. The molecule has 3 N–H and O–H groups in total. The van der Waals surface area contributed by atoms with E-state index >= 15 is 0 Å². The van der Waals surface area contributed by atoms with Crippen LogP contribution in [-0.2, 0) is 6.54 Å². The van der Waals surface area contributed by atoms with Gasteiger partial charge in [0.1, 0.15) is 24.2 Å². The van der Waals surface area contributed by atoms with Gasteiger partial charge in [-0.2, -0.15) is 4.68 Å². The summed E-state index contributed by atoms with van der Waals surface area (Å²) in [7, 11) is 0. The highest BCUT2D eigenvalue weighted by Crippen LogP contribution is 2.33. The van der Waals surface area contributed by atoms with E-state index in [0.717, 1.165) is 28.1 Å². The van der Waals surface area contributed by atoms with E-state index in [1.165, 1.54) is 15.3 Å². The number of oxazole rings is 1. The number of nitrogens with two attached hydrogens (primary N) is 1. The summed E-state index contributed by atoms with van der Waals surface area (Å²) in [5, 5.41) is 3.22. The van der Waals surface area contributed by atoms with E-state index in [1.54, 1.807) is 6.92 Å². The average Bonchev–Trinajstić information content (AvgIpc) is 3.31. The van der Waals surface area contributed by atoms with E-state index in [0.29, 0.717) is 22.9 Å². The molecule has 5 rings (SSSR count). The van der Waals surface area contributed by atoms with E-state index in [1.807, 2.05) is 56.3 Å². The first-order chi connectivity index (χ1) is 15.4. The fourth-order valence-corrected chi connectivity index (χ4v) is 3.96. The fraction of sp³-hybridized carbons (Fsp3) is 0.174. The van der Waals surface area contributed by atoms with Crippen LogP contribution < -0.4 is 15.8 Å². The van der Waals surface area contributed by atoms with Gasteiger partial charge in [0.05, 0.1) is 5.56 Å². The Labute approximate surface area is 183 Å². The van der Waals surface area contributed by atoms with Gasteiger partial charge in [0, 0.05) is 23.9 Å². The quantitative estimate of drug-likeness (QED) is 0.425. The van der Waals surface area contributed by atoms with E-state index in [2.05, 4.69) is 20.1 Å². The van der Waals surface area contributed by atoms with Crippen LogP contribution >= 0.6 is 0 Å². The van der Waals surface area contributed by atoms with Crippen LogP contribution in [0.1, 0.15) is 23.0 Å². The molecule has 5 aromatic rings. The zero-order valence-electron chi connectivity index (χ0n) is 18.0. The molecule has 32 heavy (non-hydrogen) atoms. The summed E-state index contributed by atoms with van der Waals surface area (Å²) in [4.78, 5) is 26.7. The number of pyridine rings is 1. The standard InChI is InChI=1S/C23H21N7O2/c1-13-9-17(10-14(2)25-13)19-20(16-7-5-4-6-8-16)27-22(24)30-21(19)28-29(23(30)31)11-18-12-32-15(3)26-18/h4-10,12H,11H2,1-3H3,(H2,24,25,27,28)/p+1. The van der Waals surface area contributed by atoms with Crippen LogP contribution in [0, 0.1) is 20.8 Å². The third-order valence-corrected chi connectivity index (χ3v) is 5.22. The van der Waals surface area contributed by atoms with E-state index < -0.39 is 0 Å². The number of aromatic amines is 1. The van der Waals surface area contributed by atoms with Gasteiger partial charge in [0.25, 0.3) is 0 Å². The number of hydrogen-bond donors (Lipinski definition) is 2. The molecule has 0 amide bonds. The molecule has 0 fully saturated rings. The number of nitrogens with one attached hydrogen (secondary N) is 1. The van der Waals surface area contributed by atoms with E-state index in [9.17, 15) is 4.79 Å². The lowest BCUT2D eigenvalue weighted by molar-refractivity contribution is -0.516. The molecule has 4 heterocycles. The molecule has 0 aliphatic rings. The second-order valence-corrected chi connectivity index (χ2v) is 7.72. The first-order valence-electron chi connectivity index (χ1n) is 10.2. The summed E-state index contributed by atoms with van der Waals surface area (Å²) in [6.07, 6.45) is 1.53. The predicted octanol–water partition coefficient (Wildman–Crippen LogP) is 2.58. The third kappa shape index (κ3) is 3.33. The lowest BCUT2D eigenvalue weighted by Gasteiger charge is -2.10. The average molecular weight is 428 g/mol. The van der Waals surface area contributed by atoms with Gasteiger partial charge in [-0.05, 0) is 31.5 Å². The number of benzene rings is 1. The molecule has 0 spiro atoms. The molecule has 0 aliphatic heterocycles.